The van der Waals surface area contributed by atoms with Gasteiger partial charge in [-0.2, -0.15) is 5.10 Å². The van der Waals surface area contributed by atoms with Crippen LogP contribution in [0, 0.1) is 6.92 Å². The first kappa shape index (κ1) is 11.2. The Kier molecular flexibility index (Phi) is 3.09. The van der Waals surface area contributed by atoms with E-state index in [4.69, 9.17) is 10.5 Å². The number of amides is 1. The van der Waals surface area contributed by atoms with E-state index in [0.717, 1.165) is 16.8 Å². The van der Waals surface area contributed by atoms with Crippen molar-refractivity contribution in [3.8, 4) is 17.0 Å². The van der Waals surface area contributed by atoms with Gasteiger partial charge in [0.1, 0.15) is 5.75 Å². The fourth-order valence-corrected chi connectivity index (χ4v) is 1.54. The van der Waals surface area contributed by atoms with E-state index in [-0.39, 0.29) is 6.61 Å². The summed E-state index contributed by atoms with van der Waals surface area (Å²) in [6.07, 6.45) is 1.70. The van der Waals surface area contributed by atoms with Crippen LogP contribution in [0.2, 0.25) is 0 Å². The Labute approximate surface area is 98.6 Å². The summed E-state index contributed by atoms with van der Waals surface area (Å²) in [6, 6.07) is 7.56. The van der Waals surface area contributed by atoms with Gasteiger partial charge in [-0.15, -0.1) is 0 Å². The minimum atomic E-state index is -0.484. The molecule has 2 aromatic rings. The zero-order valence-corrected chi connectivity index (χ0v) is 9.43. The summed E-state index contributed by atoms with van der Waals surface area (Å²) < 4.78 is 5.27. The van der Waals surface area contributed by atoms with Gasteiger partial charge in [-0.3, -0.25) is 9.89 Å². The van der Waals surface area contributed by atoms with E-state index in [0.29, 0.717) is 5.75 Å². The van der Waals surface area contributed by atoms with Gasteiger partial charge < -0.3 is 10.5 Å². The van der Waals surface area contributed by atoms with Crippen LogP contribution < -0.4 is 10.5 Å². The molecule has 1 aromatic carbocycles. The standard InChI is InChI=1S/C12H13N3O2/c1-8-6-9(10-4-5-14-15-10)2-3-11(8)17-7-12(13)16/h2-6H,7H2,1H3,(H2,13,16)(H,14,15). The molecule has 1 heterocycles. The summed E-state index contributed by atoms with van der Waals surface area (Å²) in [5.41, 5.74) is 7.92. The maximum atomic E-state index is 10.6. The molecular formula is C12H13N3O2. The summed E-state index contributed by atoms with van der Waals surface area (Å²) in [5.74, 6) is 0.175. The first-order chi connectivity index (χ1) is 8.16. The number of aryl methyl sites for hydroxylation is 1. The molecule has 0 saturated heterocycles. The molecule has 1 amide bonds. The van der Waals surface area contributed by atoms with E-state index in [1.54, 1.807) is 6.20 Å². The normalized spacial score (nSPS) is 10.2. The van der Waals surface area contributed by atoms with Crippen LogP contribution in [0.5, 0.6) is 5.75 Å². The number of nitrogens with zero attached hydrogens (tertiary/aromatic N) is 1. The molecule has 0 aliphatic rings. The Balaban J connectivity index is 2.20. The summed E-state index contributed by atoms with van der Waals surface area (Å²) in [5, 5.41) is 6.78. The number of H-pyrrole nitrogens is 1. The first-order valence-electron chi connectivity index (χ1n) is 5.18. The molecule has 0 atom stereocenters. The van der Waals surface area contributed by atoms with E-state index in [9.17, 15) is 4.79 Å². The van der Waals surface area contributed by atoms with E-state index < -0.39 is 5.91 Å². The molecule has 0 unspecified atom stereocenters. The Morgan fingerprint density at radius 3 is 2.88 bits per heavy atom. The van der Waals surface area contributed by atoms with Crippen LogP contribution in [0.4, 0.5) is 0 Å². The van der Waals surface area contributed by atoms with Crippen LogP contribution in [0.15, 0.2) is 30.5 Å². The Morgan fingerprint density at radius 1 is 1.47 bits per heavy atom. The van der Waals surface area contributed by atoms with Gasteiger partial charge in [0.25, 0.3) is 5.91 Å². The van der Waals surface area contributed by atoms with Crippen LogP contribution in [0.25, 0.3) is 11.3 Å². The lowest BCUT2D eigenvalue weighted by molar-refractivity contribution is -0.119. The number of nitrogens with two attached hydrogens (primary N) is 1. The van der Waals surface area contributed by atoms with Crippen LogP contribution in [0.1, 0.15) is 5.56 Å². The molecule has 0 radical (unpaired) electrons. The van der Waals surface area contributed by atoms with E-state index in [2.05, 4.69) is 10.2 Å². The third-order valence-corrected chi connectivity index (χ3v) is 2.36. The summed E-state index contributed by atoms with van der Waals surface area (Å²) >= 11 is 0. The van der Waals surface area contributed by atoms with Gasteiger partial charge in [0.05, 0.1) is 5.69 Å². The molecular weight excluding hydrogens is 218 g/mol. The molecule has 0 spiro atoms. The minimum Gasteiger partial charge on any atom is -0.484 e. The molecule has 1 aromatic heterocycles. The van der Waals surface area contributed by atoms with Gasteiger partial charge in [0, 0.05) is 11.8 Å². The molecule has 88 valence electrons. The molecule has 17 heavy (non-hydrogen) atoms. The van der Waals surface area contributed by atoms with Crippen LogP contribution >= 0.6 is 0 Å². The highest BCUT2D eigenvalue weighted by Gasteiger charge is 2.05. The van der Waals surface area contributed by atoms with Crippen molar-refractivity contribution in [3.05, 3.63) is 36.0 Å². The van der Waals surface area contributed by atoms with Crippen molar-refractivity contribution in [3.63, 3.8) is 0 Å². The maximum Gasteiger partial charge on any atom is 0.255 e. The number of ether oxygens (including phenoxy) is 1. The number of carbonyl (C=O) groups is 1. The highest BCUT2D eigenvalue weighted by molar-refractivity contribution is 5.75. The largest absolute Gasteiger partial charge is 0.484 e. The number of benzene rings is 1. The second-order valence-electron chi connectivity index (χ2n) is 3.71. The lowest BCUT2D eigenvalue weighted by Gasteiger charge is -2.08. The predicted octanol–water partition coefficient (Wildman–Crippen LogP) is 1.25. The second kappa shape index (κ2) is 4.69. The molecule has 5 nitrogen and oxygen atoms in total. The van der Waals surface area contributed by atoms with Crippen molar-refractivity contribution >= 4 is 5.91 Å². The SMILES string of the molecule is Cc1cc(-c2ccn[nH]2)ccc1OCC(N)=O. The van der Waals surface area contributed by atoms with Crippen molar-refractivity contribution in [1.29, 1.82) is 0 Å². The van der Waals surface area contributed by atoms with Crippen molar-refractivity contribution in [2.24, 2.45) is 5.73 Å². The Bertz CT molecular complexity index is 521. The fraction of sp³-hybridized carbons (Fsp3) is 0.167. The zero-order chi connectivity index (χ0) is 12.3. The maximum absolute atomic E-state index is 10.6. The molecule has 0 aliphatic carbocycles. The van der Waals surface area contributed by atoms with E-state index in [1.807, 2.05) is 31.2 Å². The quantitative estimate of drug-likeness (QED) is 0.830. The van der Waals surface area contributed by atoms with Crippen molar-refractivity contribution in [2.75, 3.05) is 6.61 Å². The van der Waals surface area contributed by atoms with Crippen LogP contribution in [-0.2, 0) is 4.79 Å². The summed E-state index contributed by atoms with van der Waals surface area (Å²) in [6.45, 7) is 1.81. The van der Waals surface area contributed by atoms with E-state index in [1.165, 1.54) is 0 Å². The highest BCUT2D eigenvalue weighted by Crippen LogP contribution is 2.24. The van der Waals surface area contributed by atoms with Gasteiger partial charge in [-0.1, -0.05) is 0 Å². The third-order valence-electron chi connectivity index (χ3n) is 2.36. The number of aromatic nitrogens is 2. The number of aromatic amines is 1. The minimum absolute atomic E-state index is 0.107. The number of carbonyl (C=O) groups excluding carboxylic acids is 1. The van der Waals surface area contributed by atoms with Crippen molar-refractivity contribution in [1.82, 2.24) is 10.2 Å². The molecule has 2 rings (SSSR count). The molecule has 0 aliphatic heterocycles. The van der Waals surface area contributed by atoms with Crippen molar-refractivity contribution < 1.29 is 9.53 Å². The molecule has 5 heteroatoms. The van der Waals surface area contributed by atoms with E-state index >= 15 is 0 Å². The zero-order valence-electron chi connectivity index (χ0n) is 9.43. The molecule has 0 bridgehead atoms. The number of hydrogen-bond acceptors (Lipinski definition) is 3. The molecule has 0 fully saturated rings. The fourth-order valence-electron chi connectivity index (χ4n) is 1.54. The number of rotatable bonds is 4. The number of primary amides is 1. The monoisotopic (exact) mass is 231 g/mol. The Hall–Kier alpha value is -2.30. The summed E-state index contributed by atoms with van der Waals surface area (Å²) in [4.78, 5) is 10.6. The highest BCUT2D eigenvalue weighted by atomic mass is 16.5. The number of hydrogen-bond donors (Lipinski definition) is 2. The van der Waals surface area contributed by atoms with Crippen LogP contribution in [0.3, 0.4) is 0 Å². The summed E-state index contributed by atoms with van der Waals surface area (Å²) in [7, 11) is 0. The smallest absolute Gasteiger partial charge is 0.255 e. The first-order valence-corrected chi connectivity index (χ1v) is 5.18. The predicted molar refractivity (Wildman–Crippen MR) is 63.5 cm³/mol. The number of nitrogens with one attached hydrogen (secondary N) is 1. The van der Waals surface area contributed by atoms with Gasteiger partial charge in [0.2, 0.25) is 0 Å². The van der Waals surface area contributed by atoms with Crippen LogP contribution in [-0.4, -0.2) is 22.7 Å². The molecule has 3 N–H and O–H groups in total. The van der Waals surface area contributed by atoms with Gasteiger partial charge in [-0.25, -0.2) is 0 Å². The lowest BCUT2D eigenvalue weighted by Crippen LogP contribution is -2.20. The Morgan fingerprint density at radius 2 is 2.29 bits per heavy atom. The van der Waals surface area contributed by atoms with Gasteiger partial charge in [0.15, 0.2) is 6.61 Å². The average molecular weight is 231 g/mol. The third kappa shape index (κ3) is 2.63. The topological polar surface area (TPSA) is 81.0 Å². The lowest BCUT2D eigenvalue weighted by atomic mass is 10.1. The second-order valence-corrected chi connectivity index (χ2v) is 3.71. The van der Waals surface area contributed by atoms with Crippen molar-refractivity contribution in [2.45, 2.75) is 6.92 Å². The van der Waals surface area contributed by atoms with Gasteiger partial charge in [-0.05, 0) is 36.8 Å². The van der Waals surface area contributed by atoms with Gasteiger partial charge >= 0.3 is 0 Å². The molecule has 0 saturated carbocycles. The average Bonchev–Trinajstić information content (AvgIpc) is 2.80.